The molecule has 7 nitrogen and oxygen atoms in total. The number of nitrogens with one attached hydrogen (secondary N) is 2. The van der Waals surface area contributed by atoms with Gasteiger partial charge in [-0.25, -0.2) is 0 Å². The lowest BCUT2D eigenvalue weighted by atomic mass is 10.2. The quantitative estimate of drug-likeness (QED) is 0.453. The van der Waals surface area contributed by atoms with Gasteiger partial charge in [0, 0.05) is 12.1 Å². The fourth-order valence-corrected chi connectivity index (χ4v) is 4.03. The second-order valence-electron chi connectivity index (χ2n) is 6.58. The SMILES string of the molecule is CCn1c(SCC(=O)Nc2cccc(Cl)c2Cl)nnc1[C@H](C)NC(=O)c1ccccc1. The molecule has 1 heterocycles. The third kappa shape index (κ3) is 5.78. The number of nitrogens with zero attached hydrogens (tertiary/aromatic N) is 3. The molecule has 0 aliphatic rings. The molecule has 10 heteroatoms. The summed E-state index contributed by atoms with van der Waals surface area (Å²) in [5.74, 6) is 0.302. The van der Waals surface area contributed by atoms with Gasteiger partial charge in [0.15, 0.2) is 11.0 Å². The third-order valence-electron chi connectivity index (χ3n) is 4.39. The predicted molar refractivity (Wildman–Crippen MR) is 124 cm³/mol. The molecule has 0 saturated heterocycles. The maximum absolute atomic E-state index is 12.4. The molecule has 3 rings (SSSR count). The molecule has 0 saturated carbocycles. The molecule has 2 N–H and O–H groups in total. The van der Waals surface area contributed by atoms with Crippen molar-refractivity contribution in [1.82, 2.24) is 20.1 Å². The Hall–Kier alpha value is -2.55. The average molecular weight is 478 g/mol. The fourth-order valence-electron chi connectivity index (χ4n) is 2.88. The summed E-state index contributed by atoms with van der Waals surface area (Å²) >= 11 is 13.3. The molecule has 0 aliphatic heterocycles. The molecule has 3 aromatic rings. The van der Waals surface area contributed by atoms with Crippen LogP contribution in [-0.2, 0) is 11.3 Å². The van der Waals surface area contributed by atoms with Gasteiger partial charge in [0.25, 0.3) is 5.91 Å². The lowest BCUT2D eigenvalue weighted by molar-refractivity contribution is -0.113. The van der Waals surface area contributed by atoms with Gasteiger partial charge in [0.05, 0.1) is 27.5 Å². The third-order valence-corrected chi connectivity index (χ3v) is 6.18. The summed E-state index contributed by atoms with van der Waals surface area (Å²) in [7, 11) is 0. The van der Waals surface area contributed by atoms with Gasteiger partial charge in [-0.05, 0) is 38.1 Å². The summed E-state index contributed by atoms with van der Waals surface area (Å²) in [6.45, 7) is 4.39. The summed E-state index contributed by atoms with van der Waals surface area (Å²) in [5.41, 5.74) is 1.03. The Morgan fingerprint density at radius 2 is 1.84 bits per heavy atom. The number of benzene rings is 2. The Morgan fingerprint density at radius 3 is 2.55 bits per heavy atom. The van der Waals surface area contributed by atoms with Gasteiger partial charge < -0.3 is 15.2 Å². The van der Waals surface area contributed by atoms with Crippen molar-refractivity contribution in [2.24, 2.45) is 0 Å². The highest BCUT2D eigenvalue weighted by Crippen LogP contribution is 2.30. The first kappa shape index (κ1) is 23.1. The molecule has 0 radical (unpaired) electrons. The zero-order valence-corrected chi connectivity index (χ0v) is 19.3. The molecule has 0 bridgehead atoms. The summed E-state index contributed by atoms with van der Waals surface area (Å²) in [6, 6.07) is 13.7. The smallest absolute Gasteiger partial charge is 0.251 e. The molecule has 31 heavy (non-hydrogen) atoms. The lowest BCUT2D eigenvalue weighted by Gasteiger charge is -2.15. The number of hydrogen-bond donors (Lipinski definition) is 2. The van der Waals surface area contributed by atoms with Crippen LogP contribution in [0.1, 0.15) is 36.1 Å². The van der Waals surface area contributed by atoms with Crippen LogP contribution in [0.2, 0.25) is 10.0 Å². The largest absolute Gasteiger partial charge is 0.342 e. The maximum atomic E-state index is 12.4. The molecule has 0 aliphatic carbocycles. The fraction of sp³-hybridized carbons (Fsp3) is 0.238. The number of hydrogen-bond acceptors (Lipinski definition) is 5. The highest BCUT2D eigenvalue weighted by Gasteiger charge is 2.20. The number of carbonyl (C=O) groups excluding carboxylic acids is 2. The van der Waals surface area contributed by atoms with Crippen molar-refractivity contribution in [2.75, 3.05) is 11.1 Å². The summed E-state index contributed by atoms with van der Waals surface area (Å²) in [5, 5.41) is 15.4. The Morgan fingerprint density at radius 1 is 1.10 bits per heavy atom. The Bertz CT molecular complexity index is 1070. The summed E-state index contributed by atoms with van der Waals surface area (Å²) in [6.07, 6.45) is 0. The van der Waals surface area contributed by atoms with Crippen LogP contribution in [0.4, 0.5) is 5.69 Å². The Kier molecular flexibility index (Phi) is 7.95. The summed E-state index contributed by atoms with van der Waals surface area (Å²) < 4.78 is 1.88. The van der Waals surface area contributed by atoms with Crippen molar-refractivity contribution < 1.29 is 9.59 Å². The second kappa shape index (κ2) is 10.7. The van der Waals surface area contributed by atoms with Gasteiger partial charge >= 0.3 is 0 Å². The Labute approximate surface area is 194 Å². The predicted octanol–water partition coefficient (Wildman–Crippen LogP) is 4.83. The number of anilines is 1. The van der Waals surface area contributed by atoms with Crippen LogP contribution in [0.15, 0.2) is 53.7 Å². The minimum atomic E-state index is -0.353. The van der Waals surface area contributed by atoms with Gasteiger partial charge in [0.1, 0.15) is 0 Å². The van der Waals surface area contributed by atoms with E-state index in [4.69, 9.17) is 23.2 Å². The normalized spacial score (nSPS) is 11.7. The lowest BCUT2D eigenvalue weighted by Crippen LogP contribution is -2.28. The van der Waals surface area contributed by atoms with E-state index >= 15 is 0 Å². The number of amides is 2. The van der Waals surface area contributed by atoms with Gasteiger partial charge in [-0.2, -0.15) is 0 Å². The van der Waals surface area contributed by atoms with Gasteiger partial charge in [-0.15, -0.1) is 10.2 Å². The number of aromatic nitrogens is 3. The summed E-state index contributed by atoms with van der Waals surface area (Å²) in [4.78, 5) is 24.8. The van der Waals surface area contributed by atoms with Crippen molar-refractivity contribution >= 4 is 52.5 Å². The monoisotopic (exact) mass is 477 g/mol. The first-order valence-corrected chi connectivity index (χ1v) is 11.3. The first-order valence-electron chi connectivity index (χ1n) is 9.56. The van der Waals surface area contributed by atoms with Gasteiger partial charge in [0.2, 0.25) is 5.91 Å². The minimum absolute atomic E-state index is 0.117. The number of carbonyl (C=O) groups is 2. The molecule has 162 valence electrons. The van der Waals surface area contributed by atoms with E-state index in [1.54, 1.807) is 30.3 Å². The highest BCUT2D eigenvalue weighted by molar-refractivity contribution is 7.99. The van der Waals surface area contributed by atoms with E-state index in [1.165, 1.54) is 11.8 Å². The molecule has 2 amide bonds. The van der Waals surface area contributed by atoms with Crippen LogP contribution in [0.25, 0.3) is 0 Å². The zero-order valence-electron chi connectivity index (χ0n) is 16.9. The number of thioether (sulfide) groups is 1. The van der Waals surface area contributed by atoms with Crippen LogP contribution in [-0.4, -0.2) is 32.3 Å². The van der Waals surface area contributed by atoms with Crippen molar-refractivity contribution in [2.45, 2.75) is 31.6 Å². The van der Waals surface area contributed by atoms with Crippen LogP contribution >= 0.6 is 35.0 Å². The second-order valence-corrected chi connectivity index (χ2v) is 8.31. The van der Waals surface area contributed by atoms with Crippen LogP contribution in [0.3, 0.4) is 0 Å². The molecule has 0 spiro atoms. The average Bonchev–Trinajstić information content (AvgIpc) is 3.19. The van der Waals surface area contributed by atoms with Crippen molar-refractivity contribution in [3.05, 3.63) is 70.0 Å². The topological polar surface area (TPSA) is 88.9 Å². The van der Waals surface area contributed by atoms with Crippen molar-refractivity contribution in [1.29, 1.82) is 0 Å². The maximum Gasteiger partial charge on any atom is 0.251 e. The van der Waals surface area contributed by atoms with E-state index in [2.05, 4.69) is 20.8 Å². The van der Waals surface area contributed by atoms with Crippen LogP contribution < -0.4 is 10.6 Å². The first-order chi connectivity index (χ1) is 14.9. The van der Waals surface area contributed by atoms with Crippen molar-refractivity contribution in [3.8, 4) is 0 Å². The van der Waals surface area contributed by atoms with Gasteiger partial charge in [-0.3, -0.25) is 9.59 Å². The molecule has 0 fully saturated rings. The standard InChI is InChI=1S/C21H21Cl2N5O2S/c1-3-28-19(13(2)24-20(30)14-8-5-4-6-9-14)26-27-21(28)31-12-17(29)25-16-11-7-10-15(22)18(16)23/h4-11,13H,3,12H2,1-2H3,(H,24,30)(H,25,29)/t13-/m0/s1. The molecular weight excluding hydrogens is 457 g/mol. The highest BCUT2D eigenvalue weighted by atomic mass is 35.5. The molecular formula is C21H21Cl2N5O2S. The van der Waals surface area contributed by atoms with E-state index < -0.39 is 0 Å². The van der Waals surface area contributed by atoms with E-state index in [0.717, 1.165) is 0 Å². The van der Waals surface area contributed by atoms with Crippen molar-refractivity contribution in [3.63, 3.8) is 0 Å². The van der Waals surface area contributed by atoms with Crippen LogP contribution in [0.5, 0.6) is 0 Å². The molecule has 1 atom stereocenters. The van der Waals surface area contributed by atoms with E-state index in [9.17, 15) is 9.59 Å². The minimum Gasteiger partial charge on any atom is -0.342 e. The van der Waals surface area contributed by atoms with E-state index in [0.29, 0.717) is 38.8 Å². The number of halogens is 2. The molecule has 2 aromatic carbocycles. The zero-order chi connectivity index (χ0) is 22.4. The Balaban J connectivity index is 1.63. The number of rotatable bonds is 8. The van der Waals surface area contributed by atoms with Crippen LogP contribution in [0, 0.1) is 0 Å². The van der Waals surface area contributed by atoms with Gasteiger partial charge in [-0.1, -0.05) is 59.2 Å². The molecule has 0 unspecified atom stereocenters. The van der Waals surface area contributed by atoms with E-state index in [1.807, 2.05) is 36.6 Å². The van der Waals surface area contributed by atoms with E-state index in [-0.39, 0.29) is 23.6 Å². The molecule has 1 aromatic heterocycles.